The summed E-state index contributed by atoms with van der Waals surface area (Å²) in [5, 5.41) is 3.88. The Morgan fingerprint density at radius 2 is 2.19 bits per heavy atom. The minimum absolute atomic E-state index is 0. The van der Waals surface area contributed by atoms with Crippen molar-refractivity contribution in [3.63, 3.8) is 0 Å². The van der Waals surface area contributed by atoms with E-state index in [9.17, 15) is 4.39 Å². The van der Waals surface area contributed by atoms with Gasteiger partial charge in [0.2, 0.25) is 0 Å². The van der Waals surface area contributed by atoms with Crippen molar-refractivity contribution in [1.82, 2.24) is 10.1 Å². The van der Waals surface area contributed by atoms with E-state index in [-0.39, 0.29) is 30.4 Å². The molecule has 1 heterocycles. The van der Waals surface area contributed by atoms with Gasteiger partial charge >= 0.3 is 0 Å². The Morgan fingerprint density at radius 3 is 2.75 bits per heavy atom. The van der Waals surface area contributed by atoms with E-state index in [0.717, 1.165) is 0 Å². The maximum absolute atomic E-state index is 13.4. The van der Waals surface area contributed by atoms with Crippen molar-refractivity contribution >= 4 is 24.0 Å². The van der Waals surface area contributed by atoms with Gasteiger partial charge in [0.05, 0.1) is 12.1 Å². The Kier molecular flexibility index (Phi) is 4.23. The van der Waals surface area contributed by atoms with Gasteiger partial charge < -0.3 is 10.3 Å². The Morgan fingerprint density at radius 1 is 1.44 bits per heavy atom. The molecule has 0 fully saturated rings. The zero-order valence-corrected chi connectivity index (χ0v) is 9.56. The molecule has 0 unspecified atom stereocenters. The number of hydrogen-bond acceptors (Lipinski definition) is 4. The molecule has 16 heavy (non-hydrogen) atoms. The van der Waals surface area contributed by atoms with Crippen molar-refractivity contribution in [1.29, 1.82) is 0 Å². The first-order valence-corrected chi connectivity index (χ1v) is 4.56. The first-order chi connectivity index (χ1) is 7.20. The maximum Gasteiger partial charge on any atom is 0.260 e. The lowest BCUT2D eigenvalue weighted by molar-refractivity contribution is 0.420. The molecule has 2 N–H and O–H groups in total. The van der Waals surface area contributed by atoms with Gasteiger partial charge in [0, 0.05) is 5.02 Å². The van der Waals surface area contributed by atoms with E-state index >= 15 is 0 Å². The molecule has 0 spiro atoms. The van der Waals surface area contributed by atoms with Gasteiger partial charge in [-0.15, -0.1) is 12.4 Å². The molecule has 0 aliphatic heterocycles. The van der Waals surface area contributed by atoms with Crippen molar-refractivity contribution < 1.29 is 8.91 Å². The predicted molar refractivity (Wildman–Crippen MR) is 59.8 cm³/mol. The molecule has 0 aliphatic rings. The molecule has 0 radical (unpaired) electrons. The third kappa shape index (κ3) is 2.49. The van der Waals surface area contributed by atoms with Crippen molar-refractivity contribution in [3.05, 3.63) is 34.9 Å². The minimum atomic E-state index is -0.505. The van der Waals surface area contributed by atoms with Gasteiger partial charge in [-0.05, 0) is 18.2 Å². The highest BCUT2D eigenvalue weighted by Gasteiger charge is 2.12. The van der Waals surface area contributed by atoms with E-state index < -0.39 is 5.82 Å². The van der Waals surface area contributed by atoms with Gasteiger partial charge in [-0.25, -0.2) is 4.39 Å². The van der Waals surface area contributed by atoms with Crippen LogP contribution in [0.25, 0.3) is 11.5 Å². The lowest BCUT2D eigenvalue weighted by atomic mass is 10.2. The molecule has 2 aromatic rings. The van der Waals surface area contributed by atoms with Crippen LogP contribution in [-0.4, -0.2) is 10.1 Å². The fourth-order valence-corrected chi connectivity index (χ4v) is 1.27. The molecule has 0 amide bonds. The summed E-state index contributed by atoms with van der Waals surface area (Å²) in [6, 6.07) is 4.21. The molecular formula is C9H8Cl2FN3O. The standard InChI is InChI=1S/C9H7ClFN3O.ClH/c10-5-1-2-6(7(11)3-5)9-13-8(4-12)14-15-9;/h1-3H,4,12H2;1H. The lowest BCUT2D eigenvalue weighted by Crippen LogP contribution is -1.97. The van der Waals surface area contributed by atoms with Crippen LogP contribution in [0.3, 0.4) is 0 Å². The summed E-state index contributed by atoms with van der Waals surface area (Å²) in [6.45, 7) is 0.151. The van der Waals surface area contributed by atoms with Crippen LogP contribution >= 0.6 is 24.0 Å². The summed E-state index contributed by atoms with van der Waals surface area (Å²) in [7, 11) is 0. The molecule has 0 atom stereocenters. The van der Waals surface area contributed by atoms with Crippen LogP contribution < -0.4 is 5.73 Å². The van der Waals surface area contributed by atoms with Crippen molar-refractivity contribution in [2.45, 2.75) is 6.54 Å². The van der Waals surface area contributed by atoms with Gasteiger partial charge in [0.25, 0.3) is 5.89 Å². The molecule has 0 saturated carbocycles. The van der Waals surface area contributed by atoms with E-state index in [4.69, 9.17) is 21.9 Å². The first kappa shape index (κ1) is 12.9. The third-order valence-electron chi connectivity index (χ3n) is 1.81. The molecule has 4 nitrogen and oxygen atoms in total. The lowest BCUT2D eigenvalue weighted by Gasteiger charge is -1.96. The van der Waals surface area contributed by atoms with Crippen LogP contribution in [0.1, 0.15) is 5.82 Å². The molecule has 86 valence electrons. The second-order valence-corrected chi connectivity index (χ2v) is 3.28. The SMILES string of the molecule is Cl.NCc1noc(-c2ccc(Cl)cc2F)n1. The molecule has 0 aliphatic carbocycles. The molecule has 2 rings (SSSR count). The highest BCUT2D eigenvalue weighted by Crippen LogP contribution is 2.23. The molecular weight excluding hydrogens is 256 g/mol. The monoisotopic (exact) mass is 263 g/mol. The number of halogens is 3. The molecule has 0 bridgehead atoms. The highest BCUT2D eigenvalue weighted by molar-refractivity contribution is 6.30. The van der Waals surface area contributed by atoms with Crippen LogP contribution in [-0.2, 0) is 6.54 Å². The summed E-state index contributed by atoms with van der Waals surface area (Å²) >= 11 is 5.61. The Bertz CT molecular complexity index is 489. The first-order valence-electron chi connectivity index (χ1n) is 4.19. The molecule has 1 aromatic carbocycles. The maximum atomic E-state index is 13.4. The Hall–Kier alpha value is -1.17. The number of rotatable bonds is 2. The topological polar surface area (TPSA) is 64.9 Å². The van der Waals surface area contributed by atoms with Gasteiger partial charge in [0.1, 0.15) is 5.82 Å². The van der Waals surface area contributed by atoms with Crippen LogP contribution in [0.5, 0.6) is 0 Å². The van der Waals surface area contributed by atoms with Gasteiger partial charge in [-0.1, -0.05) is 16.8 Å². The number of benzene rings is 1. The summed E-state index contributed by atoms with van der Waals surface area (Å²) < 4.78 is 18.2. The van der Waals surface area contributed by atoms with Crippen LogP contribution in [0.15, 0.2) is 22.7 Å². The second kappa shape index (κ2) is 5.25. The fraction of sp³-hybridized carbons (Fsp3) is 0.111. The minimum Gasteiger partial charge on any atom is -0.334 e. The fourth-order valence-electron chi connectivity index (χ4n) is 1.11. The van der Waals surface area contributed by atoms with E-state index in [1.807, 2.05) is 0 Å². The normalized spacial score (nSPS) is 9.94. The van der Waals surface area contributed by atoms with Crippen LogP contribution in [0.2, 0.25) is 5.02 Å². The molecule has 7 heteroatoms. The van der Waals surface area contributed by atoms with E-state index in [1.165, 1.54) is 12.1 Å². The van der Waals surface area contributed by atoms with Gasteiger partial charge in [-0.2, -0.15) is 4.98 Å². The average molecular weight is 264 g/mol. The summed E-state index contributed by atoms with van der Waals surface area (Å²) in [4.78, 5) is 3.90. The largest absolute Gasteiger partial charge is 0.334 e. The summed E-state index contributed by atoms with van der Waals surface area (Å²) in [5.41, 5.74) is 5.52. The Balaban J connectivity index is 0.00000128. The van der Waals surface area contributed by atoms with Crippen LogP contribution in [0.4, 0.5) is 4.39 Å². The number of aromatic nitrogens is 2. The third-order valence-corrected chi connectivity index (χ3v) is 2.05. The van der Waals surface area contributed by atoms with Crippen molar-refractivity contribution in [2.75, 3.05) is 0 Å². The summed E-state index contributed by atoms with van der Waals surface area (Å²) in [5.74, 6) is -0.0707. The zero-order chi connectivity index (χ0) is 10.8. The Labute approximate surface area is 102 Å². The molecule has 0 saturated heterocycles. The van der Waals surface area contributed by atoms with E-state index in [2.05, 4.69) is 10.1 Å². The average Bonchev–Trinajstić information content (AvgIpc) is 2.66. The smallest absolute Gasteiger partial charge is 0.260 e. The second-order valence-electron chi connectivity index (χ2n) is 2.84. The van der Waals surface area contributed by atoms with Gasteiger partial charge in [0.15, 0.2) is 5.82 Å². The summed E-state index contributed by atoms with van der Waals surface area (Å²) in [6.07, 6.45) is 0. The van der Waals surface area contributed by atoms with E-state index in [0.29, 0.717) is 10.8 Å². The highest BCUT2D eigenvalue weighted by atomic mass is 35.5. The van der Waals surface area contributed by atoms with Crippen molar-refractivity contribution in [3.8, 4) is 11.5 Å². The zero-order valence-electron chi connectivity index (χ0n) is 7.98. The number of nitrogens with zero attached hydrogens (tertiary/aromatic N) is 2. The van der Waals surface area contributed by atoms with Crippen molar-refractivity contribution in [2.24, 2.45) is 5.73 Å². The molecule has 1 aromatic heterocycles. The quantitative estimate of drug-likeness (QED) is 0.904. The van der Waals surface area contributed by atoms with Gasteiger partial charge in [-0.3, -0.25) is 0 Å². The number of nitrogens with two attached hydrogens (primary N) is 1. The predicted octanol–water partition coefficient (Wildman–Crippen LogP) is 2.41. The number of hydrogen-bond donors (Lipinski definition) is 1. The van der Waals surface area contributed by atoms with E-state index in [1.54, 1.807) is 6.07 Å². The van der Waals surface area contributed by atoms with Crippen LogP contribution in [0, 0.1) is 5.82 Å².